The molecule has 0 spiro atoms. The molecule has 4 heteroatoms. The Bertz CT molecular complexity index is 838. The van der Waals surface area contributed by atoms with Crippen LogP contribution in [-0.2, 0) is 26.1 Å². The van der Waals surface area contributed by atoms with Crippen LogP contribution in [0, 0.1) is 0 Å². The number of nitrogens with one attached hydrogen (secondary N) is 1. The SMILES string of the molecule is FCc1ccc(-c2nn(Cc3ccccc3)c3c2CCNCC3)cc1. The molecule has 0 bridgehead atoms. The minimum atomic E-state index is -0.426. The number of benzene rings is 2. The molecule has 0 atom stereocenters. The Balaban J connectivity index is 1.75. The fraction of sp³-hybridized carbons (Fsp3) is 0.286. The molecule has 0 saturated carbocycles. The highest BCUT2D eigenvalue weighted by atomic mass is 19.1. The summed E-state index contributed by atoms with van der Waals surface area (Å²) in [4.78, 5) is 0. The van der Waals surface area contributed by atoms with E-state index >= 15 is 0 Å². The van der Waals surface area contributed by atoms with Crippen molar-refractivity contribution >= 4 is 0 Å². The molecule has 4 rings (SSSR count). The molecule has 0 saturated heterocycles. The van der Waals surface area contributed by atoms with Gasteiger partial charge in [-0.1, -0.05) is 54.6 Å². The molecule has 2 heterocycles. The first kappa shape index (κ1) is 16.0. The van der Waals surface area contributed by atoms with Crippen molar-refractivity contribution < 1.29 is 4.39 Å². The molecule has 2 aromatic carbocycles. The maximum atomic E-state index is 12.8. The highest BCUT2D eigenvalue weighted by molar-refractivity contribution is 5.65. The van der Waals surface area contributed by atoms with Crippen molar-refractivity contribution in [2.45, 2.75) is 26.1 Å². The van der Waals surface area contributed by atoms with E-state index in [2.05, 4.69) is 34.3 Å². The van der Waals surface area contributed by atoms with Gasteiger partial charge in [0.15, 0.2) is 0 Å². The van der Waals surface area contributed by atoms with Gasteiger partial charge in [-0.25, -0.2) is 4.39 Å². The zero-order chi connectivity index (χ0) is 17.1. The molecule has 0 amide bonds. The largest absolute Gasteiger partial charge is 0.316 e. The molecule has 0 fully saturated rings. The van der Waals surface area contributed by atoms with Crippen molar-refractivity contribution in [3.05, 3.63) is 77.0 Å². The highest BCUT2D eigenvalue weighted by Gasteiger charge is 2.20. The van der Waals surface area contributed by atoms with Gasteiger partial charge in [-0.15, -0.1) is 0 Å². The Morgan fingerprint density at radius 3 is 2.44 bits per heavy atom. The number of rotatable bonds is 4. The van der Waals surface area contributed by atoms with E-state index in [0.717, 1.165) is 43.7 Å². The van der Waals surface area contributed by atoms with Crippen molar-refractivity contribution in [1.29, 1.82) is 0 Å². The van der Waals surface area contributed by atoms with E-state index in [1.807, 2.05) is 30.3 Å². The number of hydrogen-bond donors (Lipinski definition) is 1. The molecular weight excluding hydrogens is 313 g/mol. The Morgan fingerprint density at radius 2 is 1.68 bits per heavy atom. The van der Waals surface area contributed by atoms with E-state index in [4.69, 9.17) is 5.10 Å². The first-order valence-electron chi connectivity index (χ1n) is 8.83. The summed E-state index contributed by atoms with van der Waals surface area (Å²) in [5.41, 5.74) is 6.72. The number of halogens is 1. The van der Waals surface area contributed by atoms with Crippen LogP contribution in [0.2, 0.25) is 0 Å². The average Bonchev–Trinajstić information content (AvgIpc) is 2.84. The second-order valence-electron chi connectivity index (χ2n) is 6.50. The first-order chi connectivity index (χ1) is 12.3. The molecule has 0 unspecified atom stereocenters. The fourth-order valence-electron chi connectivity index (χ4n) is 3.49. The van der Waals surface area contributed by atoms with Gasteiger partial charge in [0.1, 0.15) is 6.67 Å². The zero-order valence-electron chi connectivity index (χ0n) is 14.2. The molecular formula is C21H22FN3. The maximum absolute atomic E-state index is 12.8. The molecule has 0 aliphatic carbocycles. The lowest BCUT2D eigenvalue weighted by atomic mass is 10.0. The van der Waals surface area contributed by atoms with Gasteiger partial charge in [0.25, 0.3) is 0 Å². The van der Waals surface area contributed by atoms with Crippen molar-refractivity contribution in [3.63, 3.8) is 0 Å². The fourth-order valence-corrected chi connectivity index (χ4v) is 3.49. The van der Waals surface area contributed by atoms with Gasteiger partial charge in [-0.05, 0) is 24.1 Å². The lowest BCUT2D eigenvalue weighted by Crippen LogP contribution is -2.17. The van der Waals surface area contributed by atoms with Crippen LogP contribution in [0.25, 0.3) is 11.3 Å². The predicted molar refractivity (Wildman–Crippen MR) is 98.3 cm³/mol. The van der Waals surface area contributed by atoms with E-state index in [9.17, 15) is 4.39 Å². The molecule has 1 N–H and O–H groups in total. The lowest BCUT2D eigenvalue weighted by Gasteiger charge is -2.07. The van der Waals surface area contributed by atoms with Crippen LogP contribution in [0.3, 0.4) is 0 Å². The summed E-state index contributed by atoms with van der Waals surface area (Å²) in [7, 11) is 0. The first-order valence-corrected chi connectivity index (χ1v) is 8.83. The summed E-state index contributed by atoms with van der Waals surface area (Å²) in [5, 5.41) is 8.43. The Labute approximate surface area is 147 Å². The van der Waals surface area contributed by atoms with Gasteiger partial charge in [-0.3, -0.25) is 4.68 Å². The van der Waals surface area contributed by atoms with Crippen molar-refractivity contribution in [1.82, 2.24) is 15.1 Å². The summed E-state index contributed by atoms with van der Waals surface area (Å²) < 4.78 is 15.0. The summed E-state index contributed by atoms with van der Waals surface area (Å²) in [5.74, 6) is 0. The number of hydrogen-bond acceptors (Lipinski definition) is 2. The molecule has 1 aromatic heterocycles. The van der Waals surface area contributed by atoms with Crippen LogP contribution in [0.1, 0.15) is 22.4 Å². The van der Waals surface area contributed by atoms with Gasteiger partial charge in [0, 0.05) is 29.8 Å². The molecule has 3 nitrogen and oxygen atoms in total. The number of alkyl halides is 1. The Morgan fingerprint density at radius 1 is 0.920 bits per heavy atom. The van der Waals surface area contributed by atoms with Gasteiger partial charge in [0.2, 0.25) is 0 Å². The summed E-state index contributed by atoms with van der Waals surface area (Å²) in [6, 6.07) is 18.1. The normalized spacial score (nSPS) is 14.1. The van der Waals surface area contributed by atoms with Gasteiger partial charge >= 0.3 is 0 Å². The van der Waals surface area contributed by atoms with Gasteiger partial charge < -0.3 is 5.32 Å². The standard InChI is InChI=1S/C21H22FN3/c22-14-16-6-8-18(9-7-16)21-19-10-12-23-13-11-20(19)25(24-21)15-17-4-2-1-3-5-17/h1-9,23H,10-15H2. The third-order valence-electron chi connectivity index (χ3n) is 4.81. The van der Waals surface area contributed by atoms with Crippen molar-refractivity contribution in [3.8, 4) is 11.3 Å². The topological polar surface area (TPSA) is 29.9 Å². The van der Waals surface area contributed by atoms with Gasteiger partial charge in [0.05, 0.1) is 12.2 Å². The molecule has 25 heavy (non-hydrogen) atoms. The second kappa shape index (κ2) is 7.19. The Kier molecular flexibility index (Phi) is 4.61. The maximum Gasteiger partial charge on any atom is 0.115 e. The third kappa shape index (κ3) is 3.35. The monoisotopic (exact) mass is 335 g/mol. The van der Waals surface area contributed by atoms with E-state index < -0.39 is 6.67 Å². The van der Waals surface area contributed by atoms with E-state index in [1.165, 1.54) is 16.8 Å². The third-order valence-corrected chi connectivity index (χ3v) is 4.81. The van der Waals surface area contributed by atoms with Crippen LogP contribution in [0.4, 0.5) is 4.39 Å². The second-order valence-corrected chi connectivity index (χ2v) is 6.50. The summed E-state index contributed by atoms with van der Waals surface area (Å²) >= 11 is 0. The van der Waals surface area contributed by atoms with Gasteiger partial charge in [-0.2, -0.15) is 5.10 Å². The van der Waals surface area contributed by atoms with Crippen LogP contribution in [-0.4, -0.2) is 22.9 Å². The van der Waals surface area contributed by atoms with Crippen LogP contribution in [0.5, 0.6) is 0 Å². The quantitative estimate of drug-likeness (QED) is 0.787. The minimum Gasteiger partial charge on any atom is -0.316 e. The smallest absolute Gasteiger partial charge is 0.115 e. The van der Waals surface area contributed by atoms with Crippen molar-refractivity contribution in [2.24, 2.45) is 0 Å². The van der Waals surface area contributed by atoms with E-state index in [0.29, 0.717) is 5.56 Å². The predicted octanol–water partition coefficient (Wildman–Crippen LogP) is 3.76. The van der Waals surface area contributed by atoms with E-state index in [-0.39, 0.29) is 0 Å². The molecule has 3 aromatic rings. The molecule has 1 aliphatic heterocycles. The van der Waals surface area contributed by atoms with Crippen LogP contribution >= 0.6 is 0 Å². The minimum absolute atomic E-state index is 0.426. The number of fused-ring (bicyclic) bond motifs is 1. The average molecular weight is 335 g/mol. The van der Waals surface area contributed by atoms with Crippen LogP contribution < -0.4 is 5.32 Å². The Hall–Kier alpha value is -2.46. The highest BCUT2D eigenvalue weighted by Crippen LogP contribution is 2.28. The number of nitrogens with zero attached hydrogens (tertiary/aromatic N) is 2. The lowest BCUT2D eigenvalue weighted by molar-refractivity contribution is 0.485. The zero-order valence-corrected chi connectivity index (χ0v) is 14.2. The van der Waals surface area contributed by atoms with E-state index in [1.54, 1.807) is 0 Å². The number of aromatic nitrogens is 2. The molecule has 1 aliphatic rings. The summed E-state index contributed by atoms with van der Waals surface area (Å²) in [6.07, 6.45) is 1.96. The molecule has 128 valence electrons. The van der Waals surface area contributed by atoms with Crippen molar-refractivity contribution in [2.75, 3.05) is 13.1 Å². The van der Waals surface area contributed by atoms with Crippen LogP contribution in [0.15, 0.2) is 54.6 Å². The summed E-state index contributed by atoms with van der Waals surface area (Å²) in [6.45, 7) is 2.31. The molecule has 0 radical (unpaired) electrons.